The minimum absolute atomic E-state index is 0.202. The number of nitrogens with zero attached hydrogens (tertiary/aromatic N) is 2. The molecule has 2 saturated heterocycles. The van der Waals surface area contributed by atoms with Gasteiger partial charge in [-0.15, -0.1) is 0 Å². The van der Waals surface area contributed by atoms with E-state index in [2.05, 4.69) is 10.3 Å². The molecule has 3 heterocycles. The van der Waals surface area contributed by atoms with E-state index in [1.54, 1.807) is 37.4 Å². The molecule has 0 radical (unpaired) electrons. The zero-order valence-corrected chi connectivity index (χ0v) is 16.3. The van der Waals surface area contributed by atoms with E-state index in [1.807, 2.05) is 13.0 Å². The molecule has 8 nitrogen and oxygen atoms in total. The van der Waals surface area contributed by atoms with Crippen molar-refractivity contribution in [2.45, 2.75) is 62.7 Å². The Morgan fingerprint density at radius 1 is 1.31 bits per heavy atom. The molecule has 5 rings (SSSR count). The number of nitrogens with one attached hydrogen (secondary N) is 1. The number of benzene rings is 1. The van der Waals surface area contributed by atoms with Gasteiger partial charge in [-0.2, -0.15) is 4.98 Å². The number of hydrogen-bond donors (Lipinski definition) is 2. The molecule has 1 saturated carbocycles. The molecule has 3 fully saturated rings. The Morgan fingerprint density at radius 3 is 2.69 bits per heavy atom. The molecule has 3 aliphatic rings. The van der Waals surface area contributed by atoms with E-state index in [1.165, 1.54) is 4.57 Å². The van der Waals surface area contributed by atoms with Crippen LogP contribution in [0.5, 0.6) is 0 Å². The van der Waals surface area contributed by atoms with Gasteiger partial charge in [-0.05, 0) is 38.3 Å². The summed E-state index contributed by atoms with van der Waals surface area (Å²) in [7, 11) is 0. The minimum Gasteiger partial charge on any atom is -0.387 e. The van der Waals surface area contributed by atoms with Crippen molar-refractivity contribution >= 4 is 11.7 Å². The smallest absolute Gasteiger partial charge is 0.351 e. The van der Waals surface area contributed by atoms with Gasteiger partial charge >= 0.3 is 5.69 Å². The number of fused-ring (bicyclic) bond motifs is 3. The zero-order valence-electron chi connectivity index (χ0n) is 16.3. The number of hydrogen-bond acceptors (Lipinski definition) is 6. The number of aromatic nitrogens is 2. The number of rotatable bonds is 4. The van der Waals surface area contributed by atoms with Gasteiger partial charge in [0, 0.05) is 17.3 Å². The lowest BCUT2D eigenvalue weighted by molar-refractivity contribution is -0.226. The van der Waals surface area contributed by atoms with E-state index in [4.69, 9.17) is 9.47 Å². The Hall–Kier alpha value is -2.55. The molecule has 1 aromatic carbocycles. The van der Waals surface area contributed by atoms with Crippen molar-refractivity contribution in [3.8, 4) is 0 Å². The highest BCUT2D eigenvalue weighted by atomic mass is 16.7. The summed E-state index contributed by atoms with van der Waals surface area (Å²) in [6, 6.07) is 8.72. The van der Waals surface area contributed by atoms with Crippen molar-refractivity contribution in [3.05, 3.63) is 58.1 Å². The van der Waals surface area contributed by atoms with Crippen LogP contribution in [0.1, 0.15) is 48.3 Å². The highest BCUT2D eigenvalue weighted by Gasteiger charge is 2.77. The number of aliphatic hydroxyl groups excluding tert-OH is 1. The molecule has 1 unspecified atom stereocenters. The summed E-state index contributed by atoms with van der Waals surface area (Å²) in [6.45, 7) is 3.72. The number of aliphatic hydroxyl groups is 1. The molecule has 4 atom stereocenters. The third-order valence-corrected chi connectivity index (χ3v) is 6.44. The van der Waals surface area contributed by atoms with Gasteiger partial charge in [0.25, 0.3) is 5.91 Å². The molecule has 1 amide bonds. The second kappa shape index (κ2) is 6.22. The highest BCUT2D eigenvalue weighted by molar-refractivity contribution is 6.03. The fourth-order valence-corrected chi connectivity index (χ4v) is 4.76. The Balaban J connectivity index is 1.43. The third-order valence-electron chi connectivity index (χ3n) is 6.44. The van der Waals surface area contributed by atoms with Gasteiger partial charge < -0.3 is 19.9 Å². The second-order valence-electron chi connectivity index (χ2n) is 8.06. The number of carbonyl (C=O) groups is 1. The molecule has 1 spiro atoms. The fraction of sp³-hybridized carbons (Fsp3) is 0.476. The topological polar surface area (TPSA) is 103 Å². The number of carbonyl (C=O) groups excluding carboxylic acids is 1. The van der Waals surface area contributed by atoms with Gasteiger partial charge in [-0.3, -0.25) is 9.36 Å². The Kier molecular flexibility index (Phi) is 3.96. The molecule has 8 heteroatoms. The van der Waals surface area contributed by atoms with Crippen LogP contribution in [-0.4, -0.2) is 44.0 Å². The predicted octanol–water partition coefficient (Wildman–Crippen LogP) is 1.77. The summed E-state index contributed by atoms with van der Waals surface area (Å²) in [4.78, 5) is 29.2. The Labute approximate surface area is 167 Å². The number of anilines is 1. The van der Waals surface area contributed by atoms with E-state index in [-0.39, 0.29) is 11.7 Å². The summed E-state index contributed by atoms with van der Waals surface area (Å²) in [5, 5.41) is 13.5. The van der Waals surface area contributed by atoms with Crippen molar-refractivity contribution in [2.24, 2.45) is 0 Å². The third kappa shape index (κ3) is 2.52. The van der Waals surface area contributed by atoms with Crippen LogP contribution in [-0.2, 0) is 9.47 Å². The maximum atomic E-state index is 12.7. The molecule has 2 N–H and O–H groups in total. The summed E-state index contributed by atoms with van der Waals surface area (Å²) in [5.41, 5.74) is -0.677. The van der Waals surface area contributed by atoms with Crippen molar-refractivity contribution < 1.29 is 19.4 Å². The normalized spacial score (nSPS) is 31.2. The van der Waals surface area contributed by atoms with E-state index in [9.17, 15) is 14.7 Å². The number of aryl methyl sites for hydroxylation is 1. The Morgan fingerprint density at radius 2 is 2.03 bits per heavy atom. The van der Waals surface area contributed by atoms with Crippen LogP contribution >= 0.6 is 0 Å². The fourth-order valence-electron chi connectivity index (χ4n) is 4.76. The highest BCUT2D eigenvalue weighted by Crippen LogP contribution is 2.65. The zero-order chi connectivity index (χ0) is 20.4. The SMILES string of the molecule is CC[C@@]12O[C@@H](n3cc(C)c(NC(=O)c4ccccc4)nc3=O)[C@@H](OC13CC3)C2O. The lowest BCUT2D eigenvalue weighted by atomic mass is 9.88. The summed E-state index contributed by atoms with van der Waals surface area (Å²) < 4.78 is 13.8. The monoisotopic (exact) mass is 397 g/mol. The molecule has 2 aromatic rings. The van der Waals surface area contributed by atoms with Crippen LogP contribution in [0.3, 0.4) is 0 Å². The molecular weight excluding hydrogens is 374 g/mol. The van der Waals surface area contributed by atoms with Crippen LogP contribution in [0.4, 0.5) is 5.82 Å². The van der Waals surface area contributed by atoms with Gasteiger partial charge in [0.2, 0.25) is 0 Å². The van der Waals surface area contributed by atoms with Crippen LogP contribution in [0, 0.1) is 6.92 Å². The quantitative estimate of drug-likeness (QED) is 0.815. The van der Waals surface area contributed by atoms with Crippen LogP contribution < -0.4 is 11.0 Å². The molecular formula is C21H23N3O5. The second-order valence-corrected chi connectivity index (χ2v) is 8.06. The molecule has 2 bridgehead atoms. The van der Waals surface area contributed by atoms with Gasteiger partial charge in [0.1, 0.15) is 29.2 Å². The van der Waals surface area contributed by atoms with Crippen molar-refractivity contribution in [3.63, 3.8) is 0 Å². The van der Waals surface area contributed by atoms with E-state index < -0.39 is 35.3 Å². The summed E-state index contributed by atoms with van der Waals surface area (Å²) >= 11 is 0. The average Bonchev–Trinajstić information content (AvgIpc) is 3.40. The van der Waals surface area contributed by atoms with Crippen LogP contribution in [0.15, 0.2) is 41.3 Å². The molecule has 1 aliphatic carbocycles. The van der Waals surface area contributed by atoms with E-state index >= 15 is 0 Å². The maximum Gasteiger partial charge on any atom is 0.351 e. The largest absolute Gasteiger partial charge is 0.387 e. The van der Waals surface area contributed by atoms with Crippen molar-refractivity contribution in [1.29, 1.82) is 0 Å². The first-order chi connectivity index (χ1) is 13.9. The van der Waals surface area contributed by atoms with E-state index in [0.29, 0.717) is 17.5 Å². The van der Waals surface area contributed by atoms with Gasteiger partial charge in [0.05, 0.1) is 0 Å². The summed E-state index contributed by atoms with van der Waals surface area (Å²) in [5.74, 6) is -0.137. The predicted molar refractivity (Wildman–Crippen MR) is 104 cm³/mol. The average molecular weight is 397 g/mol. The molecule has 1 aromatic heterocycles. The van der Waals surface area contributed by atoms with E-state index in [0.717, 1.165) is 12.8 Å². The molecule has 152 valence electrons. The van der Waals surface area contributed by atoms with Crippen molar-refractivity contribution in [2.75, 3.05) is 5.32 Å². The van der Waals surface area contributed by atoms with Crippen LogP contribution in [0.25, 0.3) is 0 Å². The summed E-state index contributed by atoms with van der Waals surface area (Å²) in [6.07, 6.45) is 1.78. The standard InChI is InChI=1S/C21H23N3O5/c1-3-21-15(25)14(28-20(21)9-10-20)18(29-21)24-11-12(2)16(23-19(24)27)22-17(26)13-7-5-4-6-8-13/h4-8,11,14-15,18,25H,3,9-10H2,1-2H3,(H,22,23,26,27)/t14-,15?,18+,21-/m0/s1. The molecule has 29 heavy (non-hydrogen) atoms. The number of ether oxygens (including phenoxy) is 2. The molecule has 2 aliphatic heterocycles. The maximum absolute atomic E-state index is 12.7. The van der Waals surface area contributed by atoms with Crippen LogP contribution in [0.2, 0.25) is 0 Å². The van der Waals surface area contributed by atoms with Gasteiger partial charge in [-0.1, -0.05) is 25.1 Å². The van der Waals surface area contributed by atoms with Gasteiger partial charge in [0.15, 0.2) is 6.23 Å². The minimum atomic E-state index is -0.787. The first kappa shape index (κ1) is 18.5. The number of amides is 1. The van der Waals surface area contributed by atoms with Gasteiger partial charge in [-0.25, -0.2) is 4.79 Å². The van der Waals surface area contributed by atoms with Crippen molar-refractivity contribution in [1.82, 2.24) is 9.55 Å². The first-order valence-electron chi connectivity index (χ1n) is 9.91. The Bertz CT molecular complexity index is 1030. The lowest BCUT2D eigenvalue weighted by Crippen LogP contribution is -2.49. The first-order valence-corrected chi connectivity index (χ1v) is 9.91. The lowest BCUT2D eigenvalue weighted by Gasteiger charge is -2.37.